The van der Waals surface area contributed by atoms with Crippen molar-refractivity contribution in [2.24, 2.45) is 7.05 Å². The summed E-state index contributed by atoms with van der Waals surface area (Å²) in [5.41, 5.74) is -2.85. The Hall–Kier alpha value is -4.57. The van der Waals surface area contributed by atoms with Gasteiger partial charge in [0.15, 0.2) is 23.2 Å². The largest absolute Gasteiger partial charge is 0.435 e. The van der Waals surface area contributed by atoms with Crippen LogP contribution in [0.1, 0.15) is 45.6 Å². The van der Waals surface area contributed by atoms with Gasteiger partial charge in [-0.25, -0.2) is 18.4 Å². The van der Waals surface area contributed by atoms with Crippen LogP contribution in [0.2, 0.25) is 0 Å². The fraction of sp³-hybridized carbons (Fsp3) is 0.292. The Kier molecular flexibility index (Phi) is 6.90. The molecule has 0 fully saturated rings. The van der Waals surface area contributed by atoms with E-state index in [4.69, 9.17) is 0 Å². The standard InChI is InChI=1S/C24H18F8N8O/c1-38-16-9-10-39(22(41)18(16)36-37-38)19(23(27,28)29)12-5-7-13(8-6-12)34-15-11-33-40(20(15)24(30,31)32)17-4-2-3-14(35-17)21(25)26/h2-8,11,19,21,34H,9-10H2,1H3. The van der Waals surface area contributed by atoms with Crippen LogP contribution in [-0.4, -0.2) is 53.3 Å². The minimum atomic E-state index is -5.02. The predicted molar refractivity (Wildman–Crippen MR) is 126 cm³/mol. The third-order valence-corrected chi connectivity index (χ3v) is 6.36. The van der Waals surface area contributed by atoms with Gasteiger partial charge in [0.25, 0.3) is 12.3 Å². The number of aromatic nitrogens is 6. The van der Waals surface area contributed by atoms with E-state index in [1.165, 1.54) is 11.7 Å². The second kappa shape index (κ2) is 10.1. The molecule has 1 amide bonds. The fourth-order valence-electron chi connectivity index (χ4n) is 4.55. The highest BCUT2D eigenvalue weighted by atomic mass is 19.4. The normalized spacial score (nSPS) is 14.9. The zero-order valence-electron chi connectivity index (χ0n) is 20.8. The lowest BCUT2D eigenvalue weighted by molar-refractivity contribution is -0.179. The van der Waals surface area contributed by atoms with Crippen molar-refractivity contribution in [2.45, 2.75) is 31.2 Å². The molecule has 17 heteroatoms. The number of fused-ring (bicyclic) bond motifs is 1. The van der Waals surface area contributed by atoms with Gasteiger partial charge >= 0.3 is 12.4 Å². The zero-order chi connectivity index (χ0) is 29.7. The third-order valence-electron chi connectivity index (χ3n) is 6.36. The van der Waals surface area contributed by atoms with Crippen LogP contribution in [-0.2, 0) is 19.6 Å². The van der Waals surface area contributed by atoms with E-state index in [1.54, 1.807) is 0 Å². The average molecular weight is 586 g/mol. The first-order valence-corrected chi connectivity index (χ1v) is 11.8. The summed E-state index contributed by atoms with van der Waals surface area (Å²) >= 11 is 0. The van der Waals surface area contributed by atoms with E-state index in [1.807, 2.05) is 0 Å². The molecule has 0 saturated carbocycles. The van der Waals surface area contributed by atoms with Crippen molar-refractivity contribution in [3.63, 3.8) is 0 Å². The minimum absolute atomic E-state index is 0.0322. The van der Waals surface area contributed by atoms with E-state index in [9.17, 15) is 39.9 Å². The number of rotatable bonds is 6. The maximum Gasteiger partial charge on any atom is 0.435 e. The monoisotopic (exact) mass is 586 g/mol. The van der Waals surface area contributed by atoms with Crippen molar-refractivity contribution < 1.29 is 39.9 Å². The molecule has 0 spiro atoms. The molecular formula is C24H18F8N8O. The number of carbonyl (C=O) groups is 1. The summed E-state index contributed by atoms with van der Waals surface area (Å²) < 4.78 is 112. The van der Waals surface area contributed by atoms with Gasteiger partial charge in [-0.3, -0.25) is 9.48 Å². The van der Waals surface area contributed by atoms with Crippen LogP contribution in [0.5, 0.6) is 0 Å². The molecule has 0 bridgehead atoms. The summed E-state index contributed by atoms with van der Waals surface area (Å²) in [6.45, 7) is -0.258. The SMILES string of the molecule is Cn1nnc2c1CCN(C(c1ccc(Nc3cnn(-c4cccc(C(F)F)n4)c3C(F)(F)F)cc1)C(F)(F)F)C2=O. The summed E-state index contributed by atoms with van der Waals surface area (Å²) in [7, 11) is 1.52. The minimum Gasteiger partial charge on any atom is -0.352 e. The molecule has 0 saturated heterocycles. The molecule has 216 valence electrons. The van der Waals surface area contributed by atoms with Gasteiger partial charge in [-0.05, 0) is 29.8 Å². The molecule has 0 radical (unpaired) electrons. The van der Waals surface area contributed by atoms with Gasteiger partial charge in [-0.2, -0.15) is 31.4 Å². The maximum absolute atomic E-state index is 14.2. The molecule has 1 aliphatic heterocycles. The first kappa shape index (κ1) is 28.0. The molecule has 3 aromatic heterocycles. The number of aryl methyl sites for hydroxylation is 1. The van der Waals surface area contributed by atoms with E-state index < -0.39 is 53.6 Å². The molecule has 9 nitrogen and oxygen atoms in total. The van der Waals surface area contributed by atoms with Crippen LogP contribution in [0.25, 0.3) is 5.82 Å². The first-order chi connectivity index (χ1) is 19.3. The number of halogens is 8. The lowest BCUT2D eigenvalue weighted by Crippen LogP contribution is -2.46. The molecule has 41 heavy (non-hydrogen) atoms. The van der Waals surface area contributed by atoms with Crippen LogP contribution in [0.4, 0.5) is 46.5 Å². The van der Waals surface area contributed by atoms with Gasteiger partial charge in [-0.15, -0.1) is 5.10 Å². The number of anilines is 2. The molecule has 1 aromatic carbocycles. The second-order valence-corrected chi connectivity index (χ2v) is 8.99. The zero-order valence-corrected chi connectivity index (χ0v) is 20.8. The quantitative estimate of drug-likeness (QED) is 0.305. The highest BCUT2D eigenvalue weighted by Crippen LogP contribution is 2.41. The smallest absolute Gasteiger partial charge is 0.352 e. The van der Waals surface area contributed by atoms with Gasteiger partial charge in [0.1, 0.15) is 5.69 Å². The van der Waals surface area contributed by atoms with Gasteiger partial charge in [0.2, 0.25) is 0 Å². The lowest BCUT2D eigenvalue weighted by Gasteiger charge is -2.35. The average Bonchev–Trinajstić information content (AvgIpc) is 3.50. The number of nitrogens with one attached hydrogen (secondary N) is 1. The number of benzene rings is 1. The maximum atomic E-state index is 14.2. The van der Waals surface area contributed by atoms with Gasteiger partial charge in [0, 0.05) is 25.7 Å². The van der Waals surface area contributed by atoms with Gasteiger partial charge in [0.05, 0.1) is 17.6 Å². The molecule has 0 aliphatic carbocycles. The Labute approximate surface area is 225 Å². The summed E-state index contributed by atoms with van der Waals surface area (Å²) in [6.07, 6.45) is -12.0. The number of hydrogen-bond acceptors (Lipinski definition) is 6. The van der Waals surface area contributed by atoms with Crippen LogP contribution in [0.3, 0.4) is 0 Å². The van der Waals surface area contributed by atoms with Crippen LogP contribution in [0.15, 0.2) is 48.7 Å². The van der Waals surface area contributed by atoms with Crippen molar-refractivity contribution >= 4 is 17.3 Å². The van der Waals surface area contributed by atoms with Crippen molar-refractivity contribution in [1.29, 1.82) is 0 Å². The van der Waals surface area contributed by atoms with E-state index in [2.05, 4.69) is 25.7 Å². The molecule has 1 aliphatic rings. The molecule has 4 heterocycles. The fourth-order valence-corrected chi connectivity index (χ4v) is 4.55. The van der Waals surface area contributed by atoms with Crippen molar-refractivity contribution in [2.75, 3.05) is 11.9 Å². The number of pyridine rings is 1. The topological polar surface area (TPSA) is 93.8 Å². The third kappa shape index (κ3) is 5.30. The number of carbonyl (C=O) groups excluding carboxylic acids is 1. The molecule has 1 atom stereocenters. The number of hydrogen-bond donors (Lipinski definition) is 1. The Morgan fingerprint density at radius 1 is 1.00 bits per heavy atom. The van der Waals surface area contributed by atoms with Gasteiger partial charge in [-0.1, -0.05) is 23.4 Å². The van der Waals surface area contributed by atoms with E-state index in [0.717, 1.165) is 48.7 Å². The molecule has 1 N–H and O–H groups in total. The summed E-state index contributed by atoms with van der Waals surface area (Å²) in [5.74, 6) is -1.46. The summed E-state index contributed by atoms with van der Waals surface area (Å²) in [5, 5.41) is 13.5. The highest BCUT2D eigenvalue weighted by Gasteiger charge is 2.48. The Bertz CT molecular complexity index is 1580. The van der Waals surface area contributed by atoms with Crippen molar-refractivity contribution in [1.82, 2.24) is 34.7 Å². The highest BCUT2D eigenvalue weighted by molar-refractivity contribution is 5.94. The number of amides is 1. The van der Waals surface area contributed by atoms with E-state index in [-0.39, 0.29) is 29.9 Å². The molecule has 1 unspecified atom stereocenters. The van der Waals surface area contributed by atoms with E-state index >= 15 is 0 Å². The second-order valence-electron chi connectivity index (χ2n) is 8.99. The van der Waals surface area contributed by atoms with E-state index in [0.29, 0.717) is 15.3 Å². The van der Waals surface area contributed by atoms with Gasteiger partial charge < -0.3 is 10.2 Å². The van der Waals surface area contributed by atoms with Crippen LogP contribution in [0, 0.1) is 0 Å². The predicted octanol–water partition coefficient (Wildman–Crippen LogP) is 5.40. The number of alkyl halides is 8. The Morgan fingerprint density at radius 3 is 2.34 bits per heavy atom. The molecule has 4 aromatic rings. The summed E-state index contributed by atoms with van der Waals surface area (Å²) in [4.78, 5) is 17.0. The van der Waals surface area contributed by atoms with Crippen molar-refractivity contribution in [3.8, 4) is 5.82 Å². The van der Waals surface area contributed by atoms with Crippen molar-refractivity contribution in [3.05, 3.63) is 77.0 Å². The Morgan fingerprint density at radius 2 is 1.71 bits per heavy atom. The lowest BCUT2D eigenvalue weighted by atomic mass is 10.0. The molecular weight excluding hydrogens is 568 g/mol. The van der Waals surface area contributed by atoms with Crippen LogP contribution >= 0.6 is 0 Å². The van der Waals surface area contributed by atoms with Crippen LogP contribution < -0.4 is 5.32 Å². The first-order valence-electron chi connectivity index (χ1n) is 11.8. The summed E-state index contributed by atoms with van der Waals surface area (Å²) in [6, 6.07) is 5.07. The molecule has 5 rings (SSSR count). The Balaban J connectivity index is 1.44. The number of nitrogens with zero attached hydrogens (tertiary/aromatic N) is 7.